The molecule has 1 aliphatic rings. The quantitative estimate of drug-likeness (QED) is 0.801. The molecule has 0 atom stereocenters. The fraction of sp³-hybridized carbons (Fsp3) is 0.222. The van der Waals surface area contributed by atoms with Gasteiger partial charge in [0.05, 0.1) is 22.1 Å². The van der Waals surface area contributed by atoms with E-state index in [1.165, 1.54) is 33.5 Å². The molecule has 2 aromatic carbocycles. The molecule has 0 spiro atoms. The molecule has 27 heavy (non-hydrogen) atoms. The highest BCUT2D eigenvalue weighted by molar-refractivity contribution is 7.89. The van der Waals surface area contributed by atoms with Gasteiger partial charge < -0.3 is 4.90 Å². The number of hydrogen-bond donors (Lipinski definition) is 0. The number of carbonyl (C=O) groups is 1. The van der Waals surface area contributed by atoms with E-state index in [9.17, 15) is 22.0 Å². The lowest BCUT2D eigenvalue weighted by Crippen LogP contribution is -2.50. The summed E-state index contributed by atoms with van der Waals surface area (Å²) < 4.78 is 53.6. The smallest absolute Gasteiger partial charge is 0.257 e. The minimum Gasteiger partial charge on any atom is -0.336 e. The molecule has 1 heterocycles. The molecule has 1 amide bonds. The lowest BCUT2D eigenvalue weighted by molar-refractivity contribution is 0.0692. The third-order valence-corrected chi connectivity index (χ3v) is 6.22. The van der Waals surface area contributed by atoms with Crippen LogP contribution in [0, 0.1) is 23.0 Å². The second-order valence-corrected chi connectivity index (χ2v) is 7.89. The number of halogens is 2. The maximum absolute atomic E-state index is 13.8. The molecule has 3 rings (SSSR count). The summed E-state index contributed by atoms with van der Waals surface area (Å²) in [7, 11) is -3.76. The molecule has 0 aliphatic carbocycles. The van der Waals surface area contributed by atoms with Gasteiger partial charge in [0, 0.05) is 26.2 Å². The first kappa shape index (κ1) is 18.9. The van der Waals surface area contributed by atoms with Gasteiger partial charge in [0.15, 0.2) is 0 Å². The fourth-order valence-electron chi connectivity index (χ4n) is 2.81. The van der Waals surface area contributed by atoms with E-state index < -0.39 is 27.6 Å². The van der Waals surface area contributed by atoms with Gasteiger partial charge in [-0.05, 0) is 42.5 Å². The highest BCUT2D eigenvalue weighted by atomic mass is 32.2. The molecule has 0 aromatic heterocycles. The molecule has 0 bridgehead atoms. The Bertz CT molecular complexity index is 1010. The molecule has 1 saturated heterocycles. The molecular formula is C18H15F2N3O3S. The van der Waals surface area contributed by atoms with Crippen molar-refractivity contribution in [2.45, 2.75) is 4.90 Å². The molecule has 0 radical (unpaired) electrons. The molecule has 1 fully saturated rings. The maximum atomic E-state index is 13.8. The summed E-state index contributed by atoms with van der Waals surface area (Å²) >= 11 is 0. The SMILES string of the molecule is N#Cc1ccc(S(=O)(=O)N2CCN(C(=O)c3cc(F)ccc3F)CC2)cc1. The van der Waals surface area contributed by atoms with Crippen molar-refractivity contribution in [2.75, 3.05) is 26.2 Å². The van der Waals surface area contributed by atoms with Crippen LogP contribution in [-0.2, 0) is 10.0 Å². The standard InChI is InChI=1S/C18H15F2N3O3S/c19-14-3-6-17(20)16(11-14)18(24)22-7-9-23(10-8-22)27(25,26)15-4-1-13(12-21)2-5-15/h1-6,11H,7-10H2. The molecule has 2 aromatic rings. The Morgan fingerprint density at radius 2 is 1.63 bits per heavy atom. The lowest BCUT2D eigenvalue weighted by atomic mass is 10.1. The van der Waals surface area contributed by atoms with Crippen LogP contribution in [0.15, 0.2) is 47.4 Å². The van der Waals surface area contributed by atoms with Crippen molar-refractivity contribution in [2.24, 2.45) is 0 Å². The van der Waals surface area contributed by atoms with Crippen molar-refractivity contribution in [3.05, 3.63) is 65.2 Å². The Balaban J connectivity index is 1.71. The summed E-state index contributed by atoms with van der Waals surface area (Å²) in [4.78, 5) is 13.7. The third kappa shape index (κ3) is 3.82. The molecule has 0 saturated carbocycles. The fourth-order valence-corrected chi connectivity index (χ4v) is 4.24. The maximum Gasteiger partial charge on any atom is 0.257 e. The van der Waals surface area contributed by atoms with Crippen LogP contribution >= 0.6 is 0 Å². The average Bonchev–Trinajstić information content (AvgIpc) is 2.69. The van der Waals surface area contributed by atoms with Crippen LogP contribution in [-0.4, -0.2) is 49.7 Å². The van der Waals surface area contributed by atoms with Crippen molar-refractivity contribution in [1.29, 1.82) is 5.26 Å². The summed E-state index contributed by atoms with van der Waals surface area (Å²) in [5.74, 6) is -2.22. The van der Waals surface area contributed by atoms with Gasteiger partial charge in [0.25, 0.3) is 5.91 Å². The summed E-state index contributed by atoms with van der Waals surface area (Å²) in [6.07, 6.45) is 0. The number of nitrogens with zero attached hydrogens (tertiary/aromatic N) is 3. The van der Waals surface area contributed by atoms with Crippen molar-refractivity contribution >= 4 is 15.9 Å². The first-order valence-corrected chi connectivity index (χ1v) is 9.51. The number of carbonyl (C=O) groups excluding carboxylic acids is 1. The zero-order valence-electron chi connectivity index (χ0n) is 14.1. The molecule has 9 heteroatoms. The monoisotopic (exact) mass is 391 g/mol. The van der Waals surface area contributed by atoms with Gasteiger partial charge in [-0.1, -0.05) is 0 Å². The minimum absolute atomic E-state index is 0.0327. The van der Waals surface area contributed by atoms with Crippen molar-refractivity contribution in [3.63, 3.8) is 0 Å². The zero-order valence-corrected chi connectivity index (χ0v) is 14.9. The molecule has 0 unspecified atom stereocenters. The van der Waals surface area contributed by atoms with E-state index >= 15 is 0 Å². The van der Waals surface area contributed by atoms with Gasteiger partial charge >= 0.3 is 0 Å². The number of benzene rings is 2. The van der Waals surface area contributed by atoms with Crippen LogP contribution in [0.4, 0.5) is 8.78 Å². The molecule has 140 valence electrons. The van der Waals surface area contributed by atoms with E-state index in [4.69, 9.17) is 5.26 Å². The van der Waals surface area contributed by atoms with E-state index in [2.05, 4.69) is 0 Å². The number of amides is 1. The minimum atomic E-state index is -3.76. The van der Waals surface area contributed by atoms with Crippen LogP contribution in [0.2, 0.25) is 0 Å². The Kier molecular flexibility index (Phi) is 5.21. The number of sulfonamides is 1. The molecule has 6 nitrogen and oxygen atoms in total. The second-order valence-electron chi connectivity index (χ2n) is 5.96. The topological polar surface area (TPSA) is 81.5 Å². The van der Waals surface area contributed by atoms with Crippen LogP contribution in [0.5, 0.6) is 0 Å². The van der Waals surface area contributed by atoms with Gasteiger partial charge in [0.2, 0.25) is 10.0 Å². The van der Waals surface area contributed by atoms with Crippen molar-refractivity contribution in [1.82, 2.24) is 9.21 Å². The van der Waals surface area contributed by atoms with Crippen molar-refractivity contribution < 1.29 is 22.0 Å². The average molecular weight is 391 g/mol. The largest absolute Gasteiger partial charge is 0.336 e. The van der Waals surface area contributed by atoms with Crippen LogP contribution in [0.25, 0.3) is 0 Å². The van der Waals surface area contributed by atoms with Crippen molar-refractivity contribution in [3.8, 4) is 6.07 Å². The Morgan fingerprint density at radius 1 is 1.00 bits per heavy atom. The highest BCUT2D eigenvalue weighted by Gasteiger charge is 2.31. The van der Waals surface area contributed by atoms with Crippen LogP contribution in [0.3, 0.4) is 0 Å². The number of rotatable bonds is 3. The van der Waals surface area contributed by atoms with E-state index in [1.807, 2.05) is 6.07 Å². The third-order valence-electron chi connectivity index (χ3n) is 4.31. The number of hydrogen-bond acceptors (Lipinski definition) is 4. The first-order chi connectivity index (χ1) is 12.8. The van der Waals surface area contributed by atoms with Crippen LogP contribution in [0.1, 0.15) is 15.9 Å². The van der Waals surface area contributed by atoms with Gasteiger partial charge in [-0.25, -0.2) is 17.2 Å². The Morgan fingerprint density at radius 3 is 2.22 bits per heavy atom. The predicted octanol–water partition coefficient (Wildman–Crippen LogP) is 1.98. The predicted molar refractivity (Wildman–Crippen MR) is 92.2 cm³/mol. The van der Waals surface area contributed by atoms with Gasteiger partial charge in [-0.15, -0.1) is 0 Å². The zero-order chi connectivity index (χ0) is 19.6. The normalized spacial score (nSPS) is 15.4. The highest BCUT2D eigenvalue weighted by Crippen LogP contribution is 2.20. The van der Waals surface area contributed by atoms with E-state index in [0.717, 1.165) is 18.2 Å². The number of nitriles is 1. The van der Waals surface area contributed by atoms with E-state index in [0.29, 0.717) is 5.56 Å². The van der Waals surface area contributed by atoms with Crippen LogP contribution < -0.4 is 0 Å². The summed E-state index contributed by atoms with van der Waals surface area (Å²) in [6.45, 7) is 0.185. The first-order valence-electron chi connectivity index (χ1n) is 8.07. The molecule has 1 aliphatic heterocycles. The number of piperazine rings is 1. The van der Waals surface area contributed by atoms with Gasteiger partial charge in [-0.2, -0.15) is 9.57 Å². The van der Waals surface area contributed by atoms with Gasteiger partial charge in [0.1, 0.15) is 11.6 Å². The molecule has 0 N–H and O–H groups in total. The Hall–Kier alpha value is -2.83. The second kappa shape index (κ2) is 7.42. The lowest BCUT2D eigenvalue weighted by Gasteiger charge is -2.34. The molecular weight excluding hydrogens is 376 g/mol. The summed E-state index contributed by atoms with van der Waals surface area (Å²) in [5.41, 5.74) is -0.0279. The summed E-state index contributed by atoms with van der Waals surface area (Å²) in [5, 5.41) is 8.79. The van der Waals surface area contributed by atoms with Gasteiger partial charge in [-0.3, -0.25) is 4.79 Å². The van der Waals surface area contributed by atoms with E-state index in [1.54, 1.807) is 0 Å². The van der Waals surface area contributed by atoms with E-state index in [-0.39, 0.29) is 36.6 Å². The Labute approximate surface area is 155 Å². The summed E-state index contributed by atoms with van der Waals surface area (Å²) in [6, 6.07) is 10.1.